The molecule has 1 N–H and O–H groups in total. The molecule has 28 heavy (non-hydrogen) atoms. The summed E-state index contributed by atoms with van der Waals surface area (Å²) in [4.78, 5) is 23.5. The number of methoxy groups -OCH3 is 1. The Morgan fingerprint density at radius 2 is 2.00 bits per heavy atom. The highest BCUT2D eigenvalue weighted by atomic mass is 35.5. The van der Waals surface area contributed by atoms with E-state index < -0.39 is 0 Å². The fraction of sp³-hybridized carbons (Fsp3) is 0.450. The number of nitrogens with zero attached hydrogens (tertiary/aromatic N) is 3. The van der Waals surface area contributed by atoms with Crippen LogP contribution in [0, 0.1) is 0 Å². The number of nitrogens with one attached hydrogen (secondary N) is 1. The summed E-state index contributed by atoms with van der Waals surface area (Å²) in [5.41, 5.74) is 1.37. The highest BCUT2D eigenvalue weighted by Gasteiger charge is 2.24. The lowest BCUT2D eigenvalue weighted by Crippen LogP contribution is -2.40. The van der Waals surface area contributed by atoms with Gasteiger partial charge in [-0.2, -0.15) is 0 Å². The highest BCUT2D eigenvalue weighted by molar-refractivity contribution is 7.98. The van der Waals surface area contributed by atoms with Crippen molar-refractivity contribution in [3.63, 3.8) is 0 Å². The van der Waals surface area contributed by atoms with Gasteiger partial charge in [-0.1, -0.05) is 41.9 Å². The van der Waals surface area contributed by atoms with Crippen LogP contribution in [0.2, 0.25) is 5.02 Å². The normalized spacial score (nSPS) is 15.8. The molecule has 2 aromatic rings. The number of amides is 1. The third-order valence-corrected chi connectivity index (χ3v) is 5.75. The van der Waals surface area contributed by atoms with Crippen molar-refractivity contribution in [2.45, 2.75) is 30.5 Å². The SMILES string of the molecule is COc1ccc([C@@H](CNC(=O)c2nc(SC)ncc2Cl)N2CCCCC2)cc1. The number of likely N-dealkylation sites (tertiary alicyclic amines) is 1. The molecular weight excluding hydrogens is 396 g/mol. The number of ether oxygens (including phenoxy) is 1. The maximum Gasteiger partial charge on any atom is 0.271 e. The Hall–Kier alpha value is -1.83. The van der Waals surface area contributed by atoms with Gasteiger partial charge in [0.2, 0.25) is 0 Å². The van der Waals surface area contributed by atoms with Gasteiger partial charge in [0.15, 0.2) is 10.9 Å². The molecule has 0 unspecified atom stereocenters. The molecule has 2 heterocycles. The Morgan fingerprint density at radius 3 is 2.64 bits per heavy atom. The Balaban J connectivity index is 1.76. The smallest absolute Gasteiger partial charge is 0.271 e. The van der Waals surface area contributed by atoms with Gasteiger partial charge in [0.05, 0.1) is 24.4 Å². The second-order valence-corrected chi connectivity index (χ2v) is 7.83. The summed E-state index contributed by atoms with van der Waals surface area (Å²) < 4.78 is 5.27. The maximum absolute atomic E-state index is 12.7. The molecule has 0 spiro atoms. The second kappa shape index (κ2) is 10.1. The van der Waals surface area contributed by atoms with Crippen molar-refractivity contribution in [1.29, 1.82) is 0 Å². The molecule has 150 valence electrons. The first-order valence-corrected chi connectivity index (χ1v) is 11.0. The zero-order valence-corrected chi connectivity index (χ0v) is 17.7. The van der Waals surface area contributed by atoms with Crippen LogP contribution < -0.4 is 10.1 Å². The number of rotatable bonds is 7. The van der Waals surface area contributed by atoms with Crippen LogP contribution in [0.15, 0.2) is 35.6 Å². The Bertz CT molecular complexity index is 797. The minimum atomic E-state index is -0.279. The summed E-state index contributed by atoms with van der Waals surface area (Å²) in [6, 6.07) is 8.14. The number of halogens is 1. The van der Waals surface area contributed by atoms with Crippen molar-refractivity contribution in [2.24, 2.45) is 0 Å². The molecule has 1 atom stereocenters. The van der Waals surface area contributed by atoms with Crippen LogP contribution in [0.5, 0.6) is 5.75 Å². The molecule has 0 bridgehead atoms. The zero-order valence-electron chi connectivity index (χ0n) is 16.2. The van der Waals surface area contributed by atoms with E-state index in [0.29, 0.717) is 11.7 Å². The number of carbonyl (C=O) groups excluding carboxylic acids is 1. The van der Waals surface area contributed by atoms with Gasteiger partial charge >= 0.3 is 0 Å². The summed E-state index contributed by atoms with van der Waals surface area (Å²) >= 11 is 7.52. The number of piperidine rings is 1. The zero-order chi connectivity index (χ0) is 19.9. The Kier molecular flexibility index (Phi) is 7.53. The number of benzene rings is 1. The van der Waals surface area contributed by atoms with Crippen LogP contribution in [0.25, 0.3) is 0 Å². The molecule has 8 heteroatoms. The van der Waals surface area contributed by atoms with Gasteiger partial charge < -0.3 is 10.1 Å². The summed E-state index contributed by atoms with van der Waals surface area (Å²) in [5, 5.41) is 3.80. The Labute approximate surface area is 175 Å². The molecule has 3 rings (SSSR count). The first kappa shape index (κ1) is 20.9. The lowest BCUT2D eigenvalue weighted by molar-refractivity contribution is 0.0918. The Morgan fingerprint density at radius 1 is 1.29 bits per heavy atom. The fourth-order valence-electron chi connectivity index (χ4n) is 3.40. The van der Waals surface area contributed by atoms with Crippen molar-refractivity contribution in [1.82, 2.24) is 20.2 Å². The topological polar surface area (TPSA) is 67.3 Å². The summed E-state index contributed by atoms with van der Waals surface area (Å²) in [7, 11) is 1.66. The highest BCUT2D eigenvalue weighted by Crippen LogP contribution is 2.26. The van der Waals surface area contributed by atoms with Crippen LogP contribution in [0.4, 0.5) is 0 Å². The first-order valence-electron chi connectivity index (χ1n) is 9.35. The average Bonchev–Trinajstić information content (AvgIpc) is 2.75. The predicted molar refractivity (Wildman–Crippen MR) is 112 cm³/mol. The van der Waals surface area contributed by atoms with Crippen molar-refractivity contribution >= 4 is 29.3 Å². The van der Waals surface area contributed by atoms with Gasteiger partial charge in [0.1, 0.15) is 5.75 Å². The van der Waals surface area contributed by atoms with Gasteiger partial charge in [0.25, 0.3) is 5.91 Å². The van der Waals surface area contributed by atoms with Crippen molar-refractivity contribution in [3.8, 4) is 5.75 Å². The largest absolute Gasteiger partial charge is 0.497 e. The summed E-state index contributed by atoms with van der Waals surface area (Å²) in [6.45, 7) is 2.54. The van der Waals surface area contributed by atoms with E-state index in [1.807, 2.05) is 18.4 Å². The average molecular weight is 421 g/mol. The lowest BCUT2D eigenvalue weighted by Gasteiger charge is -2.35. The van der Waals surface area contributed by atoms with Crippen molar-refractivity contribution < 1.29 is 9.53 Å². The molecule has 1 fully saturated rings. The number of hydrogen-bond donors (Lipinski definition) is 1. The van der Waals surface area contributed by atoms with Crippen LogP contribution >= 0.6 is 23.4 Å². The van der Waals surface area contributed by atoms with Gasteiger partial charge in [-0.3, -0.25) is 9.69 Å². The molecule has 0 aliphatic carbocycles. The molecule has 0 saturated carbocycles. The monoisotopic (exact) mass is 420 g/mol. The third-order valence-electron chi connectivity index (χ3n) is 4.91. The molecule has 1 aliphatic rings. The van der Waals surface area contributed by atoms with Crippen molar-refractivity contribution in [3.05, 3.63) is 46.7 Å². The van der Waals surface area contributed by atoms with Gasteiger partial charge in [0, 0.05) is 6.54 Å². The van der Waals surface area contributed by atoms with E-state index in [9.17, 15) is 4.79 Å². The van der Waals surface area contributed by atoms with Crippen molar-refractivity contribution in [2.75, 3.05) is 33.0 Å². The number of carbonyl (C=O) groups is 1. The minimum Gasteiger partial charge on any atom is -0.497 e. The van der Waals surface area contributed by atoms with E-state index in [-0.39, 0.29) is 22.7 Å². The quantitative estimate of drug-likeness (QED) is 0.542. The molecule has 1 aromatic heterocycles. The van der Waals surface area contributed by atoms with Crippen LogP contribution in [0.1, 0.15) is 41.4 Å². The van der Waals surface area contributed by atoms with Crippen LogP contribution in [0.3, 0.4) is 0 Å². The second-order valence-electron chi connectivity index (χ2n) is 6.65. The third kappa shape index (κ3) is 5.16. The van der Waals surface area contributed by atoms with E-state index >= 15 is 0 Å². The molecule has 1 amide bonds. The fourth-order valence-corrected chi connectivity index (χ4v) is 3.91. The lowest BCUT2D eigenvalue weighted by atomic mass is 10.0. The van der Waals surface area contributed by atoms with Gasteiger partial charge in [-0.25, -0.2) is 9.97 Å². The summed E-state index contributed by atoms with van der Waals surface area (Å²) in [6.07, 6.45) is 6.94. The van der Waals surface area contributed by atoms with Gasteiger partial charge in [-0.05, 0) is 49.9 Å². The van der Waals surface area contributed by atoms with E-state index in [4.69, 9.17) is 16.3 Å². The molecule has 6 nitrogen and oxygen atoms in total. The van der Waals surface area contributed by atoms with Crippen LogP contribution in [-0.4, -0.2) is 53.8 Å². The molecular formula is C20H25ClN4O2S. The predicted octanol–water partition coefficient (Wildman–Crippen LogP) is 3.82. The van der Waals surface area contributed by atoms with E-state index in [1.54, 1.807) is 7.11 Å². The first-order chi connectivity index (χ1) is 13.6. The molecule has 1 saturated heterocycles. The van der Waals surface area contributed by atoms with E-state index in [0.717, 1.165) is 24.4 Å². The van der Waals surface area contributed by atoms with Crippen LogP contribution in [-0.2, 0) is 0 Å². The summed E-state index contributed by atoms with van der Waals surface area (Å²) in [5.74, 6) is 0.542. The number of thioether (sulfide) groups is 1. The van der Waals surface area contributed by atoms with E-state index in [1.165, 1.54) is 37.2 Å². The number of hydrogen-bond acceptors (Lipinski definition) is 6. The standard InChI is InChI=1S/C20H25ClN4O2S/c1-27-15-8-6-14(7-9-15)17(25-10-4-3-5-11-25)13-22-19(26)18-16(21)12-23-20(24-18)28-2/h6-9,12,17H,3-5,10-11,13H2,1-2H3,(H,22,26)/t17-/m1/s1. The molecule has 1 aromatic carbocycles. The molecule has 1 aliphatic heterocycles. The number of aromatic nitrogens is 2. The molecule has 0 radical (unpaired) electrons. The maximum atomic E-state index is 12.7. The minimum absolute atomic E-state index is 0.0933. The van der Waals surface area contributed by atoms with E-state index in [2.05, 4.69) is 32.3 Å². The van der Waals surface area contributed by atoms with Gasteiger partial charge in [-0.15, -0.1) is 0 Å².